The van der Waals surface area contributed by atoms with E-state index in [-0.39, 0.29) is 5.82 Å². The Hall–Kier alpha value is -3.35. The molecule has 1 saturated heterocycles. The predicted molar refractivity (Wildman–Crippen MR) is 108 cm³/mol. The number of hydrogen-bond donors (Lipinski definition) is 1. The predicted octanol–water partition coefficient (Wildman–Crippen LogP) is 3.03. The molecule has 1 aromatic carbocycles. The maximum absolute atomic E-state index is 13.1. The van der Waals surface area contributed by atoms with Gasteiger partial charge in [-0.2, -0.15) is 18.3 Å². The third-order valence-electron chi connectivity index (χ3n) is 5.31. The Labute approximate surface area is 186 Å². The molecule has 0 saturated carbocycles. The molecule has 13 heteroatoms. The van der Waals surface area contributed by atoms with Gasteiger partial charge in [-0.1, -0.05) is 5.21 Å². The summed E-state index contributed by atoms with van der Waals surface area (Å²) in [6.45, 7) is 5.12. The maximum atomic E-state index is 13.1. The SMILES string of the molecule is CC(Cn1cncn1)N1CCC(n2cc(-c3ccc(F)cc3)nn2)CC1.O=C(O)C(F)(F)F. The van der Waals surface area contributed by atoms with Gasteiger partial charge in [0, 0.05) is 24.7 Å². The molecule has 0 aliphatic carbocycles. The summed E-state index contributed by atoms with van der Waals surface area (Å²) in [7, 11) is 0. The first-order valence-corrected chi connectivity index (χ1v) is 10.2. The molecule has 1 aliphatic heterocycles. The smallest absolute Gasteiger partial charge is 0.475 e. The summed E-state index contributed by atoms with van der Waals surface area (Å²) in [6.07, 6.45) is 2.28. The third-order valence-corrected chi connectivity index (χ3v) is 5.31. The van der Waals surface area contributed by atoms with Crippen LogP contribution in [-0.2, 0) is 11.3 Å². The lowest BCUT2D eigenvalue weighted by atomic mass is 10.0. The summed E-state index contributed by atoms with van der Waals surface area (Å²) in [5.74, 6) is -3.00. The molecular weight excluding hydrogens is 446 g/mol. The highest BCUT2D eigenvalue weighted by Gasteiger charge is 2.38. The van der Waals surface area contributed by atoms with Crippen molar-refractivity contribution in [2.75, 3.05) is 13.1 Å². The molecule has 0 spiro atoms. The van der Waals surface area contributed by atoms with Crippen molar-refractivity contribution in [3.05, 3.63) is 48.9 Å². The minimum Gasteiger partial charge on any atom is -0.475 e. The Morgan fingerprint density at radius 2 is 1.85 bits per heavy atom. The number of nitrogens with zero attached hydrogens (tertiary/aromatic N) is 7. The van der Waals surface area contributed by atoms with Gasteiger partial charge in [-0.25, -0.2) is 18.9 Å². The molecule has 3 heterocycles. The van der Waals surface area contributed by atoms with Gasteiger partial charge in [0.2, 0.25) is 0 Å². The van der Waals surface area contributed by atoms with Crippen molar-refractivity contribution in [1.29, 1.82) is 0 Å². The molecular formula is C20H23F4N7O2. The second-order valence-corrected chi connectivity index (χ2v) is 7.63. The number of likely N-dealkylation sites (tertiary alicyclic amines) is 1. The van der Waals surface area contributed by atoms with Crippen molar-refractivity contribution in [2.45, 2.75) is 44.6 Å². The van der Waals surface area contributed by atoms with Crippen LogP contribution in [0.4, 0.5) is 17.6 Å². The number of hydrogen-bond acceptors (Lipinski definition) is 6. The molecule has 0 amide bonds. The Balaban J connectivity index is 0.000000383. The van der Waals surface area contributed by atoms with E-state index in [1.165, 1.54) is 12.1 Å². The van der Waals surface area contributed by atoms with Crippen molar-refractivity contribution >= 4 is 5.97 Å². The minimum atomic E-state index is -5.08. The molecule has 1 aliphatic rings. The molecule has 3 aromatic rings. The standard InChI is InChI=1S/C18H22FN7.C2HF3O2/c1-14(10-25-13-20-12-21-25)24-8-6-17(7-9-24)26-11-18(22-23-26)15-2-4-16(19)5-3-15;3-2(4,5)1(6)7/h2-5,11-14,17H,6-10H2,1H3;(H,6,7). The van der Waals surface area contributed by atoms with Gasteiger partial charge in [0.1, 0.15) is 24.2 Å². The number of alkyl halides is 3. The Kier molecular flexibility index (Phi) is 7.74. The minimum absolute atomic E-state index is 0.242. The molecule has 1 N–H and O–H groups in total. The van der Waals surface area contributed by atoms with E-state index in [4.69, 9.17) is 9.90 Å². The van der Waals surface area contributed by atoms with E-state index in [0.717, 1.165) is 43.7 Å². The lowest BCUT2D eigenvalue weighted by Gasteiger charge is -2.35. The van der Waals surface area contributed by atoms with Crippen LogP contribution in [0.15, 0.2) is 43.1 Å². The van der Waals surface area contributed by atoms with Crippen LogP contribution < -0.4 is 0 Å². The van der Waals surface area contributed by atoms with Crippen LogP contribution in [-0.4, -0.2) is 71.0 Å². The van der Waals surface area contributed by atoms with Crippen molar-refractivity contribution < 1.29 is 27.5 Å². The van der Waals surface area contributed by atoms with Crippen molar-refractivity contribution in [3.63, 3.8) is 0 Å². The fourth-order valence-electron chi connectivity index (χ4n) is 3.51. The number of aliphatic carboxylic acids is 1. The van der Waals surface area contributed by atoms with Crippen molar-refractivity contribution in [3.8, 4) is 11.3 Å². The lowest BCUT2D eigenvalue weighted by molar-refractivity contribution is -0.192. The van der Waals surface area contributed by atoms with Crippen LogP contribution in [0.3, 0.4) is 0 Å². The van der Waals surface area contributed by atoms with Crippen LogP contribution in [0, 0.1) is 5.82 Å². The number of carboxylic acids is 1. The summed E-state index contributed by atoms with van der Waals surface area (Å²) < 4.78 is 48.6. The zero-order valence-corrected chi connectivity index (χ0v) is 17.7. The number of carboxylic acid groups (broad SMARTS) is 1. The summed E-state index contributed by atoms with van der Waals surface area (Å²) in [5, 5.41) is 19.9. The van der Waals surface area contributed by atoms with Crippen molar-refractivity contribution in [2.24, 2.45) is 0 Å². The van der Waals surface area contributed by atoms with E-state index >= 15 is 0 Å². The molecule has 33 heavy (non-hydrogen) atoms. The summed E-state index contributed by atoms with van der Waals surface area (Å²) in [5.41, 5.74) is 1.67. The number of aromatic nitrogens is 6. The molecule has 0 radical (unpaired) electrons. The summed E-state index contributed by atoms with van der Waals surface area (Å²) in [6, 6.07) is 7.14. The van der Waals surface area contributed by atoms with E-state index in [2.05, 4.69) is 32.2 Å². The Bertz CT molecular complexity index is 1010. The number of carbonyl (C=O) groups is 1. The fraction of sp³-hybridized carbons (Fsp3) is 0.450. The molecule has 1 fully saturated rings. The molecule has 2 aromatic heterocycles. The molecule has 4 rings (SSSR count). The zero-order valence-electron chi connectivity index (χ0n) is 17.7. The monoisotopic (exact) mass is 469 g/mol. The Morgan fingerprint density at radius 3 is 2.39 bits per heavy atom. The Morgan fingerprint density at radius 1 is 1.21 bits per heavy atom. The van der Waals surface area contributed by atoms with E-state index in [9.17, 15) is 17.6 Å². The van der Waals surface area contributed by atoms with E-state index in [0.29, 0.717) is 12.1 Å². The van der Waals surface area contributed by atoms with Gasteiger partial charge in [-0.05, 0) is 44.0 Å². The molecule has 1 unspecified atom stereocenters. The largest absolute Gasteiger partial charge is 0.490 e. The van der Waals surface area contributed by atoms with Crippen molar-refractivity contribution in [1.82, 2.24) is 34.7 Å². The highest BCUT2D eigenvalue weighted by atomic mass is 19.4. The highest BCUT2D eigenvalue weighted by Crippen LogP contribution is 2.25. The van der Waals surface area contributed by atoms with E-state index in [1.54, 1.807) is 24.8 Å². The average molecular weight is 469 g/mol. The van der Waals surface area contributed by atoms with Crippen LogP contribution in [0.5, 0.6) is 0 Å². The van der Waals surface area contributed by atoms with Gasteiger partial charge in [0.15, 0.2) is 0 Å². The highest BCUT2D eigenvalue weighted by molar-refractivity contribution is 5.73. The summed E-state index contributed by atoms with van der Waals surface area (Å²) >= 11 is 0. The van der Waals surface area contributed by atoms with Gasteiger partial charge in [-0.15, -0.1) is 5.10 Å². The van der Waals surface area contributed by atoms with Crippen LogP contribution in [0.1, 0.15) is 25.8 Å². The number of rotatable bonds is 5. The van der Waals surface area contributed by atoms with E-state index in [1.807, 2.05) is 15.6 Å². The molecule has 0 bridgehead atoms. The first-order valence-electron chi connectivity index (χ1n) is 10.2. The average Bonchev–Trinajstić information content (AvgIpc) is 3.46. The molecule has 1 atom stereocenters. The van der Waals surface area contributed by atoms with Gasteiger partial charge in [-0.3, -0.25) is 9.58 Å². The maximum Gasteiger partial charge on any atom is 0.490 e. The van der Waals surface area contributed by atoms with Crippen LogP contribution in [0.2, 0.25) is 0 Å². The quantitative estimate of drug-likeness (QED) is 0.573. The first kappa shape index (κ1) is 24.3. The number of benzene rings is 1. The van der Waals surface area contributed by atoms with Crippen LogP contribution in [0.25, 0.3) is 11.3 Å². The fourth-order valence-corrected chi connectivity index (χ4v) is 3.51. The van der Waals surface area contributed by atoms with Gasteiger partial charge in [0.25, 0.3) is 0 Å². The normalized spacial score (nSPS) is 16.2. The second-order valence-electron chi connectivity index (χ2n) is 7.63. The second kappa shape index (κ2) is 10.5. The number of piperidine rings is 1. The lowest BCUT2D eigenvalue weighted by Crippen LogP contribution is -2.42. The van der Waals surface area contributed by atoms with E-state index < -0.39 is 12.1 Å². The van der Waals surface area contributed by atoms with Gasteiger partial charge in [0.05, 0.1) is 18.8 Å². The van der Waals surface area contributed by atoms with Gasteiger partial charge < -0.3 is 5.11 Å². The topological polar surface area (TPSA) is 102 Å². The third kappa shape index (κ3) is 6.81. The van der Waals surface area contributed by atoms with Gasteiger partial charge >= 0.3 is 12.1 Å². The summed E-state index contributed by atoms with van der Waals surface area (Å²) in [4.78, 5) is 15.4. The van der Waals surface area contributed by atoms with Crippen LogP contribution >= 0.6 is 0 Å². The number of halogens is 4. The zero-order chi connectivity index (χ0) is 24.0. The molecule has 178 valence electrons. The first-order chi connectivity index (χ1) is 15.6. The molecule has 9 nitrogen and oxygen atoms in total.